The molecule has 2 aromatic heterocycles. The Balaban J connectivity index is 2.11. The molecule has 19 heavy (non-hydrogen) atoms. The average molecular weight is 281 g/mol. The van der Waals surface area contributed by atoms with Gasteiger partial charge in [0.05, 0.1) is 5.02 Å². The van der Waals surface area contributed by atoms with E-state index in [2.05, 4.69) is 22.4 Å². The second-order valence-electron chi connectivity index (χ2n) is 4.31. The topological polar surface area (TPSA) is 62.7 Å². The van der Waals surface area contributed by atoms with E-state index in [0.29, 0.717) is 23.1 Å². The van der Waals surface area contributed by atoms with Crippen molar-refractivity contribution in [1.82, 2.24) is 14.8 Å². The van der Waals surface area contributed by atoms with Crippen LogP contribution >= 0.6 is 11.6 Å². The lowest BCUT2D eigenvalue weighted by molar-refractivity contribution is 0.101. The Morgan fingerprint density at radius 2 is 2.26 bits per heavy atom. The summed E-state index contributed by atoms with van der Waals surface area (Å²) in [7, 11) is 0. The molecule has 0 saturated heterocycles. The second-order valence-corrected chi connectivity index (χ2v) is 4.75. The lowest BCUT2D eigenvalue weighted by Crippen LogP contribution is -2.16. The Hall–Kier alpha value is -1.75. The van der Waals surface area contributed by atoms with E-state index in [4.69, 9.17) is 11.6 Å². The molecule has 0 saturated carbocycles. The van der Waals surface area contributed by atoms with E-state index >= 15 is 0 Å². The molecule has 2 N–H and O–H groups in total. The first-order valence-electron chi connectivity index (χ1n) is 6.35. The number of rotatable bonds is 5. The largest absolute Gasteiger partial charge is 0.342 e. The number of nitrogens with one attached hydrogen (secondary N) is 2. The van der Waals surface area contributed by atoms with E-state index < -0.39 is 0 Å². The van der Waals surface area contributed by atoms with Gasteiger partial charge in [0.1, 0.15) is 5.69 Å². The third kappa shape index (κ3) is 3.17. The van der Waals surface area contributed by atoms with E-state index in [1.165, 1.54) is 0 Å². The Morgan fingerprint density at radius 3 is 2.95 bits per heavy atom. The van der Waals surface area contributed by atoms with Crippen LogP contribution in [-0.2, 0) is 13.0 Å². The van der Waals surface area contributed by atoms with Crippen molar-refractivity contribution >= 4 is 23.3 Å². The SMILES string of the molecule is CCCc1cc(NC(=O)c2cc(Cl)cn2CC)n[nH]1. The third-order valence-corrected chi connectivity index (χ3v) is 3.04. The Labute approximate surface area is 117 Å². The molecule has 0 fully saturated rings. The molecule has 0 aliphatic rings. The van der Waals surface area contributed by atoms with Gasteiger partial charge in [0.15, 0.2) is 5.82 Å². The first-order chi connectivity index (χ1) is 9.13. The predicted molar refractivity (Wildman–Crippen MR) is 75.7 cm³/mol. The lowest BCUT2D eigenvalue weighted by atomic mass is 10.2. The molecule has 102 valence electrons. The monoisotopic (exact) mass is 280 g/mol. The number of aromatic amines is 1. The summed E-state index contributed by atoms with van der Waals surface area (Å²) < 4.78 is 1.80. The maximum atomic E-state index is 12.1. The molecule has 6 heteroatoms. The van der Waals surface area contributed by atoms with Gasteiger partial charge in [0.2, 0.25) is 0 Å². The first kappa shape index (κ1) is 13.7. The van der Waals surface area contributed by atoms with E-state index in [9.17, 15) is 4.79 Å². The van der Waals surface area contributed by atoms with Crippen molar-refractivity contribution in [3.8, 4) is 0 Å². The Morgan fingerprint density at radius 1 is 1.47 bits per heavy atom. The zero-order valence-corrected chi connectivity index (χ0v) is 11.8. The fourth-order valence-corrected chi connectivity index (χ4v) is 2.15. The highest BCUT2D eigenvalue weighted by Crippen LogP contribution is 2.16. The number of halogens is 1. The Bertz CT molecular complexity index is 573. The van der Waals surface area contributed by atoms with Gasteiger partial charge in [0.25, 0.3) is 5.91 Å². The molecule has 0 bridgehead atoms. The van der Waals surface area contributed by atoms with Crippen LogP contribution in [0.3, 0.4) is 0 Å². The van der Waals surface area contributed by atoms with Crippen molar-refractivity contribution in [1.29, 1.82) is 0 Å². The summed E-state index contributed by atoms with van der Waals surface area (Å²) in [5.74, 6) is 0.330. The fourth-order valence-electron chi connectivity index (χ4n) is 1.93. The third-order valence-electron chi connectivity index (χ3n) is 2.83. The first-order valence-corrected chi connectivity index (χ1v) is 6.73. The number of nitrogens with zero attached hydrogens (tertiary/aromatic N) is 2. The van der Waals surface area contributed by atoms with Crippen LogP contribution in [0.25, 0.3) is 0 Å². The van der Waals surface area contributed by atoms with Gasteiger partial charge in [-0.15, -0.1) is 0 Å². The summed E-state index contributed by atoms with van der Waals surface area (Å²) in [6.07, 6.45) is 3.69. The molecule has 2 aromatic rings. The minimum absolute atomic E-state index is 0.205. The van der Waals surface area contributed by atoms with Crippen molar-refractivity contribution in [3.63, 3.8) is 0 Å². The quantitative estimate of drug-likeness (QED) is 0.884. The van der Waals surface area contributed by atoms with Crippen LogP contribution in [0, 0.1) is 0 Å². The number of aromatic nitrogens is 3. The minimum atomic E-state index is -0.205. The van der Waals surface area contributed by atoms with Gasteiger partial charge in [-0.3, -0.25) is 9.89 Å². The maximum absolute atomic E-state index is 12.1. The fraction of sp³-hybridized carbons (Fsp3) is 0.385. The Kier molecular flexibility index (Phi) is 4.27. The molecule has 1 amide bonds. The molecule has 5 nitrogen and oxygen atoms in total. The predicted octanol–water partition coefficient (Wildman–Crippen LogP) is 3.09. The minimum Gasteiger partial charge on any atom is -0.342 e. The molecule has 0 aromatic carbocycles. The zero-order chi connectivity index (χ0) is 13.8. The normalized spacial score (nSPS) is 10.7. The van der Waals surface area contributed by atoms with Crippen molar-refractivity contribution in [3.05, 3.63) is 34.7 Å². The molecular weight excluding hydrogens is 264 g/mol. The molecular formula is C13H17ClN4O. The van der Waals surface area contributed by atoms with Crippen molar-refractivity contribution < 1.29 is 4.79 Å². The molecule has 0 unspecified atom stereocenters. The number of amides is 1. The van der Waals surface area contributed by atoms with Crippen molar-refractivity contribution in [2.45, 2.75) is 33.2 Å². The van der Waals surface area contributed by atoms with Gasteiger partial charge in [-0.05, 0) is 19.4 Å². The van der Waals surface area contributed by atoms with E-state index in [1.54, 1.807) is 16.8 Å². The number of hydrogen-bond donors (Lipinski definition) is 2. The van der Waals surface area contributed by atoms with Gasteiger partial charge < -0.3 is 9.88 Å². The van der Waals surface area contributed by atoms with Gasteiger partial charge in [-0.25, -0.2) is 0 Å². The summed E-state index contributed by atoms with van der Waals surface area (Å²) in [4.78, 5) is 12.1. The molecule has 0 aliphatic carbocycles. The number of carbonyl (C=O) groups excluding carboxylic acids is 1. The van der Waals surface area contributed by atoms with Crippen LogP contribution in [0.2, 0.25) is 5.02 Å². The van der Waals surface area contributed by atoms with Crippen molar-refractivity contribution in [2.75, 3.05) is 5.32 Å². The maximum Gasteiger partial charge on any atom is 0.273 e. The highest BCUT2D eigenvalue weighted by atomic mass is 35.5. The molecule has 0 atom stereocenters. The summed E-state index contributed by atoms with van der Waals surface area (Å²) in [6, 6.07) is 3.50. The van der Waals surface area contributed by atoms with Crippen LogP contribution in [0.15, 0.2) is 18.3 Å². The zero-order valence-electron chi connectivity index (χ0n) is 11.0. The van der Waals surface area contributed by atoms with E-state index in [-0.39, 0.29) is 5.91 Å². The van der Waals surface area contributed by atoms with Gasteiger partial charge >= 0.3 is 0 Å². The molecule has 0 radical (unpaired) electrons. The number of hydrogen-bond acceptors (Lipinski definition) is 2. The van der Waals surface area contributed by atoms with E-state index in [0.717, 1.165) is 18.5 Å². The number of H-pyrrole nitrogens is 1. The van der Waals surface area contributed by atoms with Crippen LogP contribution in [-0.4, -0.2) is 20.7 Å². The highest BCUT2D eigenvalue weighted by Gasteiger charge is 2.13. The summed E-state index contributed by atoms with van der Waals surface area (Å²) in [5.41, 5.74) is 1.55. The number of carbonyl (C=O) groups is 1. The second kappa shape index (κ2) is 5.93. The molecule has 0 aliphatic heterocycles. The smallest absolute Gasteiger partial charge is 0.273 e. The molecule has 2 heterocycles. The standard InChI is InChI=1S/C13H17ClN4O/c1-3-5-10-7-12(17-16-10)15-13(19)11-6-9(14)8-18(11)4-2/h6-8H,3-5H2,1-2H3,(H2,15,16,17,19). The van der Waals surface area contributed by atoms with Gasteiger partial charge in [-0.2, -0.15) is 5.10 Å². The highest BCUT2D eigenvalue weighted by molar-refractivity contribution is 6.31. The van der Waals surface area contributed by atoms with Crippen LogP contribution in [0.5, 0.6) is 0 Å². The van der Waals surface area contributed by atoms with Crippen LogP contribution in [0.4, 0.5) is 5.82 Å². The summed E-state index contributed by atoms with van der Waals surface area (Å²) in [5, 5.41) is 10.3. The summed E-state index contributed by atoms with van der Waals surface area (Å²) >= 11 is 5.91. The average Bonchev–Trinajstić information content (AvgIpc) is 2.96. The molecule has 0 spiro atoms. The number of aryl methyl sites for hydroxylation is 2. The van der Waals surface area contributed by atoms with Crippen molar-refractivity contribution in [2.24, 2.45) is 0 Å². The lowest BCUT2D eigenvalue weighted by Gasteiger charge is -2.05. The summed E-state index contributed by atoms with van der Waals surface area (Å²) in [6.45, 7) is 4.74. The van der Waals surface area contributed by atoms with Gasteiger partial charge in [0, 0.05) is 24.5 Å². The number of anilines is 1. The molecule has 2 rings (SSSR count). The van der Waals surface area contributed by atoms with Crippen LogP contribution in [0.1, 0.15) is 36.5 Å². The van der Waals surface area contributed by atoms with E-state index in [1.807, 2.05) is 13.0 Å². The van der Waals surface area contributed by atoms with Crippen LogP contribution < -0.4 is 5.32 Å². The van der Waals surface area contributed by atoms with Gasteiger partial charge in [-0.1, -0.05) is 24.9 Å².